The molecule has 21 heavy (non-hydrogen) atoms. The molecular weight excluding hydrogens is 292 g/mol. The highest BCUT2D eigenvalue weighted by Crippen LogP contribution is 2.20. The Hall–Kier alpha value is -2.80. The molecule has 2 aromatic heterocycles. The van der Waals surface area contributed by atoms with Crippen molar-refractivity contribution < 1.29 is 4.79 Å². The maximum atomic E-state index is 12.3. The fourth-order valence-corrected chi connectivity index (χ4v) is 1.93. The van der Waals surface area contributed by atoms with E-state index < -0.39 is 0 Å². The molecule has 0 aliphatic heterocycles. The molecule has 2 heterocycles. The fourth-order valence-electron chi connectivity index (χ4n) is 1.73. The first-order valence-corrected chi connectivity index (χ1v) is 6.37. The number of hydrogen-bond acceptors (Lipinski definition) is 5. The summed E-state index contributed by atoms with van der Waals surface area (Å²) in [4.78, 5) is 16.3. The molecule has 0 aliphatic carbocycles. The van der Waals surface area contributed by atoms with E-state index in [2.05, 4.69) is 25.8 Å². The van der Waals surface area contributed by atoms with Gasteiger partial charge in [0.05, 0.1) is 16.3 Å². The van der Waals surface area contributed by atoms with Crippen molar-refractivity contribution in [2.24, 2.45) is 0 Å². The van der Waals surface area contributed by atoms with E-state index in [0.717, 1.165) is 0 Å². The molecule has 0 fully saturated rings. The maximum absolute atomic E-state index is 12.3. The van der Waals surface area contributed by atoms with Crippen LogP contribution in [-0.4, -0.2) is 31.1 Å². The van der Waals surface area contributed by atoms with Crippen molar-refractivity contribution in [3.05, 3.63) is 59.5 Å². The second-order valence-corrected chi connectivity index (χ2v) is 4.49. The fraction of sp³-hybridized carbons (Fsp3) is 0. The van der Waals surface area contributed by atoms with Crippen LogP contribution in [0.4, 0.5) is 5.82 Å². The van der Waals surface area contributed by atoms with Crippen LogP contribution in [0, 0.1) is 0 Å². The van der Waals surface area contributed by atoms with Crippen LogP contribution in [0.15, 0.2) is 48.9 Å². The Morgan fingerprint density at radius 1 is 1.24 bits per heavy atom. The van der Waals surface area contributed by atoms with E-state index in [0.29, 0.717) is 22.1 Å². The number of amides is 1. The summed E-state index contributed by atoms with van der Waals surface area (Å²) in [7, 11) is 0. The Balaban J connectivity index is 1.91. The summed E-state index contributed by atoms with van der Waals surface area (Å²) in [6.45, 7) is 0. The molecule has 0 spiro atoms. The largest absolute Gasteiger partial charge is 0.307 e. The minimum absolute atomic E-state index is 0.315. The van der Waals surface area contributed by atoms with E-state index in [4.69, 9.17) is 11.6 Å². The number of aromatic nitrogens is 5. The van der Waals surface area contributed by atoms with Crippen molar-refractivity contribution in [3.8, 4) is 5.69 Å². The first-order chi connectivity index (χ1) is 10.2. The molecule has 0 saturated carbocycles. The molecule has 104 valence electrons. The molecule has 0 aliphatic rings. The smallest absolute Gasteiger partial charge is 0.258 e. The molecule has 1 N–H and O–H groups in total. The van der Waals surface area contributed by atoms with Gasteiger partial charge in [-0.25, -0.2) is 9.67 Å². The molecule has 0 bridgehead atoms. The lowest BCUT2D eigenvalue weighted by atomic mass is 10.2. The highest BCUT2D eigenvalue weighted by Gasteiger charge is 2.13. The van der Waals surface area contributed by atoms with Crippen LogP contribution in [0.3, 0.4) is 0 Å². The molecule has 3 aromatic rings. The van der Waals surface area contributed by atoms with Gasteiger partial charge in [-0.2, -0.15) is 0 Å². The highest BCUT2D eigenvalue weighted by atomic mass is 35.5. The van der Waals surface area contributed by atoms with Crippen LogP contribution >= 0.6 is 11.6 Å². The van der Waals surface area contributed by atoms with Crippen molar-refractivity contribution in [2.75, 3.05) is 5.32 Å². The number of carbonyl (C=O) groups excluding carboxylic acids is 1. The number of benzene rings is 1. The summed E-state index contributed by atoms with van der Waals surface area (Å²) in [5, 5.41) is 13.9. The molecular formula is C13H9ClN6O. The number of hydrogen-bond donors (Lipinski definition) is 1. The molecule has 7 nitrogen and oxygen atoms in total. The third-order valence-electron chi connectivity index (χ3n) is 2.71. The number of pyridine rings is 1. The molecule has 0 atom stereocenters. The van der Waals surface area contributed by atoms with Crippen LogP contribution in [0.1, 0.15) is 10.4 Å². The third-order valence-corrected chi connectivity index (χ3v) is 3.04. The Kier molecular flexibility index (Phi) is 3.57. The zero-order valence-electron chi connectivity index (χ0n) is 10.6. The number of nitrogens with one attached hydrogen (secondary N) is 1. The van der Waals surface area contributed by atoms with E-state index in [1.807, 2.05) is 0 Å². The summed E-state index contributed by atoms with van der Waals surface area (Å²) in [5.74, 6) is 0.0972. The molecule has 0 unspecified atom stereocenters. The zero-order chi connectivity index (χ0) is 14.7. The molecule has 8 heteroatoms. The Morgan fingerprint density at radius 2 is 2.14 bits per heavy atom. The molecule has 0 radical (unpaired) electrons. The number of carbonyl (C=O) groups is 1. The first kappa shape index (κ1) is 13.2. The SMILES string of the molecule is O=C(Nc1ccccn1)c1cc(-n2cnnn2)ccc1Cl. The normalized spacial score (nSPS) is 10.3. The average Bonchev–Trinajstić information content (AvgIpc) is 3.03. The van der Waals surface area contributed by atoms with Gasteiger partial charge in [-0.05, 0) is 40.8 Å². The van der Waals surface area contributed by atoms with E-state index in [-0.39, 0.29) is 5.91 Å². The van der Waals surface area contributed by atoms with Crippen molar-refractivity contribution in [1.82, 2.24) is 25.2 Å². The van der Waals surface area contributed by atoms with Crippen molar-refractivity contribution in [1.29, 1.82) is 0 Å². The quantitative estimate of drug-likeness (QED) is 0.799. The topological polar surface area (TPSA) is 85.6 Å². The van der Waals surface area contributed by atoms with Gasteiger partial charge in [0.2, 0.25) is 0 Å². The molecule has 3 rings (SSSR count). The van der Waals surface area contributed by atoms with Crippen LogP contribution in [0.25, 0.3) is 5.69 Å². The summed E-state index contributed by atoms with van der Waals surface area (Å²) < 4.78 is 1.44. The number of anilines is 1. The number of nitrogens with zero attached hydrogens (tertiary/aromatic N) is 5. The first-order valence-electron chi connectivity index (χ1n) is 5.99. The second-order valence-electron chi connectivity index (χ2n) is 4.09. The number of tetrazole rings is 1. The van der Waals surface area contributed by atoms with Gasteiger partial charge in [-0.1, -0.05) is 17.7 Å². The van der Waals surface area contributed by atoms with Gasteiger partial charge in [0, 0.05) is 6.20 Å². The number of rotatable bonds is 3. The van der Waals surface area contributed by atoms with E-state index in [1.165, 1.54) is 11.0 Å². The van der Waals surface area contributed by atoms with Crippen molar-refractivity contribution in [3.63, 3.8) is 0 Å². The predicted octanol–water partition coefficient (Wildman–Crippen LogP) is 1.96. The van der Waals surface area contributed by atoms with Gasteiger partial charge in [0.15, 0.2) is 0 Å². The molecule has 0 saturated heterocycles. The Bertz CT molecular complexity index is 760. The minimum atomic E-state index is -0.353. The van der Waals surface area contributed by atoms with Gasteiger partial charge in [0.1, 0.15) is 12.1 Å². The predicted molar refractivity (Wildman–Crippen MR) is 76.4 cm³/mol. The maximum Gasteiger partial charge on any atom is 0.258 e. The Morgan fingerprint density at radius 3 is 2.86 bits per heavy atom. The van der Waals surface area contributed by atoms with Gasteiger partial charge in [-0.15, -0.1) is 5.10 Å². The minimum Gasteiger partial charge on any atom is -0.307 e. The summed E-state index contributed by atoms with van der Waals surface area (Å²) in [6.07, 6.45) is 3.03. The zero-order valence-corrected chi connectivity index (χ0v) is 11.4. The van der Waals surface area contributed by atoms with Gasteiger partial charge < -0.3 is 5.32 Å². The van der Waals surface area contributed by atoms with Crippen LogP contribution in [0.2, 0.25) is 5.02 Å². The average molecular weight is 301 g/mol. The molecule has 1 aromatic carbocycles. The van der Waals surface area contributed by atoms with Crippen LogP contribution < -0.4 is 5.32 Å². The van der Waals surface area contributed by atoms with Crippen LogP contribution in [-0.2, 0) is 0 Å². The lowest BCUT2D eigenvalue weighted by molar-refractivity contribution is 0.102. The highest BCUT2D eigenvalue weighted by molar-refractivity contribution is 6.34. The lowest BCUT2D eigenvalue weighted by Gasteiger charge is -2.07. The van der Waals surface area contributed by atoms with Crippen LogP contribution in [0.5, 0.6) is 0 Å². The Labute approximate surface area is 124 Å². The van der Waals surface area contributed by atoms with E-state index in [9.17, 15) is 4.79 Å². The van der Waals surface area contributed by atoms with Crippen molar-refractivity contribution in [2.45, 2.75) is 0 Å². The van der Waals surface area contributed by atoms with Gasteiger partial charge >= 0.3 is 0 Å². The number of halogens is 1. The van der Waals surface area contributed by atoms with E-state index in [1.54, 1.807) is 42.6 Å². The lowest BCUT2D eigenvalue weighted by Crippen LogP contribution is -2.14. The summed E-state index contributed by atoms with van der Waals surface area (Å²) in [5.41, 5.74) is 0.950. The molecule has 1 amide bonds. The van der Waals surface area contributed by atoms with E-state index >= 15 is 0 Å². The van der Waals surface area contributed by atoms with Gasteiger partial charge in [0.25, 0.3) is 5.91 Å². The van der Waals surface area contributed by atoms with Gasteiger partial charge in [-0.3, -0.25) is 4.79 Å². The summed E-state index contributed by atoms with van der Waals surface area (Å²) >= 11 is 6.08. The summed E-state index contributed by atoms with van der Waals surface area (Å²) in [6, 6.07) is 10.2. The second kappa shape index (κ2) is 5.68. The third kappa shape index (κ3) is 2.87. The monoisotopic (exact) mass is 300 g/mol. The standard InChI is InChI=1S/C13H9ClN6O/c14-11-5-4-9(20-8-16-18-19-20)7-10(11)13(21)17-12-3-1-2-6-15-12/h1-8H,(H,15,17,21). The van der Waals surface area contributed by atoms with Crippen molar-refractivity contribution >= 4 is 23.3 Å².